The Labute approximate surface area is 96.5 Å². The number of aryl methyl sites for hydroxylation is 1. The summed E-state index contributed by atoms with van der Waals surface area (Å²) in [4.78, 5) is 10.8. The molecule has 0 unspecified atom stereocenters. The Hall–Kier alpha value is -1.51. The Bertz CT molecular complexity index is 391. The number of rotatable bonds is 3. The molecule has 0 bridgehead atoms. The zero-order chi connectivity index (χ0) is 12.3. The summed E-state index contributed by atoms with van der Waals surface area (Å²) in [5.41, 5.74) is 2.46. The van der Waals surface area contributed by atoms with E-state index in [1.54, 1.807) is 12.1 Å². The molecule has 1 aromatic carbocycles. The van der Waals surface area contributed by atoms with Crippen molar-refractivity contribution >= 4 is 11.7 Å². The first-order valence-electron chi connectivity index (χ1n) is 5.37. The van der Waals surface area contributed by atoms with E-state index >= 15 is 0 Å². The minimum Gasteiger partial charge on any atom is -0.478 e. The fraction of sp³-hybridized carbons (Fsp3) is 0.462. The monoisotopic (exact) mass is 221 g/mol. The van der Waals surface area contributed by atoms with Crippen LogP contribution in [0.2, 0.25) is 0 Å². The van der Waals surface area contributed by atoms with Gasteiger partial charge in [0, 0.05) is 12.2 Å². The van der Waals surface area contributed by atoms with Gasteiger partial charge < -0.3 is 10.4 Å². The first kappa shape index (κ1) is 12.6. The molecule has 16 heavy (non-hydrogen) atoms. The zero-order valence-electron chi connectivity index (χ0n) is 10.3. The van der Waals surface area contributed by atoms with Gasteiger partial charge in [0.15, 0.2) is 0 Å². The lowest BCUT2D eigenvalue weighted by molar-refractivity contribution is 0.0697. The van der Waals surface area contributed by atoms with E-state index in [-0.39, 0.29) is 5.41 Å². The molecule has 0 aliphatic carbocycles. The zero-order valence-corrected chi connectivity index (χ0v) is 10.3. The summed E-state index contributed by atoms with van der Waals surface area (Å²) in [7, 11) is 0. The van der Waals surface area contributed by atoms with Crippen molar-refractivity contribution in [1.82, 2.24) is 0 Å². The number of nitrogens with one attached hydrogen (secondary N) is 1. The fourth-order valence-corrected chi connectivity index (χ4v) is 1.31. The minimum atomic E-state index is -0.890. The molecule has 3 nitrogen and oxygen atoms in total. The van der Waals surface area contributed by atoms with Crippen molar-refractivity contribution in [3.63, 3.8) is 0 Å². The highest BCUT2D eigenvalue weighted by Gasteiger charge is 2.11. The second-order valence-electron chi connectivity index (χ2n) is 5.25. The Balaban J connectivity index is 2.86. The molecular formula is C13H19NO2. The van der Waals surface area contributed by atoms with Crippen molar-refractivity contribution in [3.8, 4) is 0 Å². The number of carbonyl (C=O) groups is 1. The van der Waals surface area contributed by atoms with Crippen molar-refractivity contribution in [2.75, 3.05) is 11.9 Å². The first-order valence-corrected chi connectivity index (χ1v) is 5.37. The third kappa shape index (κ3) is 3.57. The summed E-state index contributed by atoms with van der Waals surface area (Å²) in [6.45, 7) is 9.19. The molecule has 0 atom stereocenters. The fourth-order valence-electron chi connectivity index (χ4n) is 1.31. The number of benzene rings is 1. The minimum absolute atomic E-state index is 0.172. The molecule has 2 N–H and O–H groups in total. The van der Waals surface area contributed by atoms with E-state index < -0.39 is 5.97 Å². The van der Waals surface area contributed by atoms with Gasteiger partial charge in [0.05, 0.1) is 5.56 Å². The van der Waals surface area contributed by atoms with E-state index in [2.05, 4.69) is 26.1 Å². The van der Waals surface area contributed by atoms with Crippen molar-refractivity contribution < 1.29 is 9.90 Å². The maximum absolute atomic E-state index is 10.8. The van der Waals surface area contributed by atoms with E-state index in [0.29, 0.717) is 5.56 Å². The number of aromatic carboxylic acids is 1. The van der Waals surface area contributed by atoms with Gasteiger partial charge in [0.2, 0.25) is 0 Å². The molecular weight excluding hydrogens is 202 g/mol. The molecule has 0 fully saturated rings. The quantitative estimate of drug-likeness (QED) is 0.824. The maximum Gasteiger partial charge on any atom is 0.335 e. The smallest absolute Gasteiger partial charge is 0.335 e. The molecule has 0 aliphatic heterocycles. The molecule has 3 heteroatoms. The van der Waals surface area contributed by atoms with Crippen LogP contribution in [-0.2, 0) is 0 Å². The summed E-state index contributed by atoms with van der Waals surface area (Å²) in [5, 5.41) is 12.2. The first-order chi connectivity index (χ1) is 7.29. The van der Waals surface area contributed by atoms with Crippen molar-refractivity contribution in [3.05, 3.63) is 29.3 Å². The van der Waals surface area contributed by atoms with Gasteiger partial charge in [-0.1, -0.05) is 26.8 Å². The van der Waals surface area contributed by atoms with Gasteiger partial charge in [-0.3, -0.25) is 0 Å². The molecule has 0 aromatic heterocycles. The summed E-state index contributed by atoms with van der Waals surface area (Å²) < 4.78 is 0. The van der Waals surface area contributed by atoms with Crippen LogP contribution < -0.4 is 5.32 Å². The van der Waals surface area contributed by atoms with Gasteiger partial charge in [0.1, 0.15) is 0 Å². The number of anilines is 1. The van der Waals surface area contributed by atoms with E-state index in [4.69, 9.17) is 5.11 Å². The molecule has 1 aromatic rings. The van der Waals surface area contributed by atoms with Gasteiger partial charge in [-0.2, -0.15) is 0 Å². The molecule has 0 amide bonds. The lowest BCUT2D eigenvalue weighted by Gasteiger charge is -2.20. The average Bonchev–Trinajstić information content (AvgIpc) is 2.14. The summed E-state index contributed by atoms with van der Waals surface area (Å²) >= 11 is 0. The van der Waals surface area contributed by atoms with E-state index in [9.17, 15) is 4.79 Å². The maximum atomic E-state index is 10.8. The number of carboxylic acid groups (broad SMARTS) is 1. The van der Waals surface area contributed by atoms with Crippen LogP contribution in [0.15, 0.2) is 18.2 Å². The molecule has 0 radical (unpaired) electrons. The lowest BCUT2D eigenvalue weighted by atomic mass is 9.96. The van der Waals surface area contributed by atoms with Crippen molar-refractivity contribution in [2.45, 2.75) is 27.7 Å². The second-order valence-corrected chi connectivity index (χ2v) is 5.25. The van der Waals surface area contributed by atoms with Crippen LogP contribution in [0.4, 0.5) is 5.69 Å². The van der Waals surface area contributed by atoms with Crippen LogP contribution in [-0.4, -0.2) is 17.6 Å². The molecule has 0 heterocycles. The molecule has 0 saturated carbocycles. The van der Waals surface area contributed by atoms with Crippen LogP contribution in [0.1, 0.15) is 36.7 Å². The van der Waals surface area contributed by atoms with Gasteiger partial charge in [-0.15, -0.1) is 0 Å². The number of hydrogen-bond acceptors (Lipinski definition) is 2. The van der Waals surface area contributed by atoms with E-state index in [0.717, 1.165) is 17.8 Å². The number of hydrogen-bond donors (Lipinski definition) is 2. The standard InChI is InChI=1S/C13H19NO2/c1-9-5-6-10(12(15)16)7-11(9)14-8-13(2,3)4/h5-7,14H,8H2,1-4H3,(H,15,16). The van der Waals surface area contributed by atoms with Gasteiger partial charge in [-0.25, -0.2) is 4.79 Å². The third-order valence-electron chi connectivity index (χ3n) is 2.29. The SMILES string of the molecule is Cc1ccc(C(=O)O)cc1NCC(C)(C)C. The third-order valence-corrected chi connectivity index (χ3v) is 2.29. The molecule has 1 rings (SSSR count). The molecule has 0 saturated heterocycles. The van der Waals surface area contributed by atoms with Crippen LogP contribution in [0.5, 0.6) is 0 Å². The van der Waals surface area contributed by atoms with E-state index in [1.807, 2.05) is 13.0 Å². The molecule has 0 spiro atoms. The van der Waals surface area contributed by atoms with E-state index in [1.165, 1.54) is 0 Å². The Morgan fingerprint density at radius 1 is 1.38 bits per heavy atom. The highest BCUT2D eigenvalue weighted by Crippen LogP contribution is 2.20. The number of carboxylic acids is 1. The molecule has 88 valence electrons. The van der Waals surface area contributed by atoms with Crippen LogP contribution in [0.25, 0.3) is 0 Å². The van der Waals surface area contributed by atoms with Gasteiger partial charge in [-0.05, 0) is 30.0 Å². The van der Waals surface area contributed by atoms with Crippen LogP contribution in [0, 0.1) is 12.3 Å². The Morgan fingerprint density at radius 2 is 2.00 bits per heavy atom. The second kappa shape index (κ2) is 4.56. The summed E-state index contributed by atoms with van der Waals surface area (Å²) in [6, 6.07) is 5.14. The summed E-state index contributed by atoms with van der Waals surface area (Å²) in [5.74, 6) is -0.890. The predicted octanol–water partition coefficient (Wildman–Crippen LogP) is 3.15. The lowest BCUT2D eigenvalue weighted by Crippen LogP contribution is -2.19. The topological polar surface area (TPSA) is 49.3 Å². The van der Waals surface area contributed by atoms with Gasteiger partial charge in [0.25, 0.3) is 0 Å². The highest BCUT2D eigenvalue weighted by molar-refractivity contribution is 5.89. The predicted molar refractivity (Wildman–Crippen MR) is 66.1 cm³/mol. The van der Waals surface area contributed by atoms with Crippen molar-refractivity contribution in [1.29, 1.82) is 0 Å². The molecule has 0 aliphatic rings. The Morgan fingerprint density at radius 3 is 2.50 bits per heavy atom. The normalized spacial score (nSPS) is 11.2. The summed E-state index contributed by atoms with van der Waals surface area (Å²) in [6.07, 6.45) is 0. The Kier molecular flexibility index (Phi) is 3.58. The average molecular weight is 221 g/mol. The highest BCUT2D eigenvalue weighted by atomic mass is 16.4. The van der Waals surface area contributed by atoms with Crippen LogP contribution in [0.3, 0.4) is 0 Å². The largest absolute Gasteiger partial charge is 0.478 e. The van der Waals surface area contributed by atoms with Crippen molar-refractivity contribution in [2.24, 2.45) is 5.41 Å². The van der Waals surface area contributed by atoms with Crippen LogP contribution >= 0.6 is 0 Å². The van der Waals surface area contributed by atoms with Gasteiger partial charge >= 0.3 is 5.97 Å².